The third-order valence-electron chi connectivity index (χ3n) is 3.82. The monoisotopic (exact) mass is 382 g/mol. The van der Waals surface area contributed by atoms with Crippen molar-refractivity contribution in [3.8, 4) is 0 Å². The van der Waals surface area contributed by atoms with E-state index in [9.17, 15) is 19.5 Å². The van der Waals surface area contributed by atoms with Gasteiger partial charge in [0, 0.05) is 13.8 Å². The molecule has 1 aliphatic rings. The van der Waals surface area contributed by atoms with E-state index < -0.39 is 48.6 Å². The number of carbonyl (C=O) groups excluding carboxylic acids is 3. The highest BCUT2D eigenvalue weighted by molar-refractivity contribution is 5.76. The number of methoxy groups -OCH3 is 1. The number of hydrogen-bond donors (Lipinski definition) is 1. The molecule has 1 heterocycles. The Morgan fingerprint density at radius 1 is 1.04 bits per heavy atom. The molecule has 9 heteroatoms. The van der Waals surface area contributed by atoms with Crippen LogP contribution in [0.3, 0.4) is 0 Å². The number of benzene rings is 1. The Balaban J connectivity index is 2.28. The topological polar surface area (TPSA) is 118 Å². The standard InChI is InChI=1S/C18H22O9/c1-10(19)25-16-14(24-9-12-7-5-4-6-8-12)13(21)15(17(22)23-3)27-18(16)26-11(2)20/h4-8,13-16,18,21H,9H2,1-3H3/t13-,14+,15?,16?,18-/m0/s1. The molecule has 2 unspecified atom stereocenters. The third kappa shape index (κ3) is 5.49. The zero-order chi connectivity index (χ0) is 20.0. The first-order chi connectivity index (χ1) is 12.8. The Bertz CT molecular complexity index is 660. The molecule has 1 fully saturated rings. The fourth-order valence-corrected chi connectivity index (χ4v) is 2.67. The van der Waals surface area contributed by atoms with Crippen molar-refractivity contribution in [2.45, 2.75) is 51.2 Å². The summed E-state index contributed by atoms with van der Waals surface area (Å²) in [4.78, 5) is 34.8. The molecular formula is C18H22O9. The summed E-state index contributed by atoms with van der Waals surface area (Å²) >= 11 is 0. The second-order valence-corrected chi connectivity index (χ2v) is 5.88. The van der Waals surface area contributed by atoms with E-state index in [4.69, 9.17) is 18.9 Å². The van der Waals surface area contributed by atoms with Crippen LogP contribution in [0, 0.1) is 0 Å². The molecule has 1 aromatic carbocycles. The molecule has 148 valence electrons. The number of rotatable bonds is 6. The SMILES string of the molecule is COC(=O)C1O[C@H](OC(C)=O)C(OC(C)=O)[C@H](OCc2ccccc2)[C@@H]1O. The van der Waals surface area contributed by atoms with Crippen LogP contribution in [0.2, 0.25) is 0 Å². The van der Waals surface area contributed by atoms with Crippen LogP contribution in [-0.2, 0) is 44.7 Å². The first-order valence-electron chi connectivity index (χ1n) is 8.24. The first-order valence-corrected chi connectivity index (χ1v) is 8.24. The third-order valence-corrected chi connectivity index (χ3v) is 3.82. The van der Waals surface area contributed by atoms with Crippen molar-refractivity contribution in [3.63, 3.8) is 0 Å². The fourth-order valence-electron chi connectivity index (χ4n) is 2.67. The normalized spacial score (nSPS) is 27.5. The largest absolute Gasteiger partial charge is 0.467 e. The second-order valence-electron chi connectivity index (χ2n) is 5.88. The summed E-state index contributed by atoms with van der Waals surface area (Å²) in [5.41, 5.74) is 0.788. The lowest BCUT2D eigenvalue weighted by Crippen LogP contribution is -2.62. The van der Waals surface area contributed by atoms with Gasteiger partial charge in [0.25, 0.3) is 0 Å². The van der Waals surface area contributed by atoms with Gasteiger partial charge in [0.05, 0.1) is 13.7 Å². The minimum Gasteiger partial charge on any atom is -0.467 e. The summed E-state index contributed by atoms with van der Waals surface area (Å²) in [6, 6.07) is 9.05. The Morgan fingerprint density at radius 3 is 2.22 bits per heavy atom. The molecule has 1 saturated heterocycles. The molecule has 27 heavy (non-hydrogen) atoms. The summed E-state index contributed by atoms with van der Waals surface area (Å²) in [7, 11) is 1.12. The molecular weight excluding hydrogens is 360 g/mol. The molecule has 0 saturated carbocycles. The number of aliphatic hydroxyl groups excluding tert-OH is 1. The predicted octanol–water partition coefficient (Wildman–Crippen LogP) is 0.325. The van der Waals surface area contributed by atoms with E-state index in [1.54, 1.807) is 12.1 Å². The van der Waals surface area contributed by atoms with Gasteiger partial charge in [0.2, 0.25) is 6.29 Å². The Labute approximate surface area is 156 Å². The second kappa shape index (κ2) is 9.45. The highest BCUT2D eigenvalue weighted by Crippen LogP contribution is 2.28. The molecule has 0 amide bonds. The summed E-state index contributed by atoms with van der Waals surface area (Å²) in [5.74, 6) is -2.30. The average Bonchev–Trinajstić information content (AvgIpc) is 2.63. The number of carbonyl (C=O) groups is 3. The van der Waals surface area contributed by atoms with Gasteiger partial charge in [-0.1, -0.05) is 30.3 Å². The lowest BCUT2D eigenvalue weighted by molar-refractivity contribution is -0.297. The average molecular weight is 382 g/mol. The zero-order valence-corrected chi connectivity index (χ0v) is 15.2. The van der Waals surface area contributed by atoms with Crippen molar-refractivity contribution >= 4 is 17.9 Å². The number of esters is 3. The molecule has 0 aromatic heterocycles. The van der Waals surface area contributed by atoms with Crippen molar-refractivity contribution in [2.24, 2.45) is 0 Å². The van der Waals surface area contributed by atoms with Gasteiger partial charge >= 0.3 is 17.9 Å². The van der Waals surface area contributed by atoms with E-state index in [2.05, 4.69) is 4.74 Å². The fraction of sp³-hybridized carbons (Fsp3) is 0.500. The Hall–Kier alpha value is -2.49. The van der Waals surface area contributed by atoms with Crippen LogP contribution >= 0.6 is 0 Å². The zero-order valence-electron chi connectivity index (χ0n) is 15.2. The van der Waals surface area contributed by atoms with Gasteiger partial charge in [0.1, 0.15) is 12.2 Å². The molecule has 0 aliphatic carbocycles. The van der Waals surface area contributed by atoms with Crippen molar-refractivity contribution in [2.75, 3.05) is 7.11 Å². The van der Waals surface area contributed by atoms with Gasteiger partial charge in [-0.3, -0.25) is 9.59 Å². The molecule has 0 spiro atoms. The van der Waals surface area contributed by atoms with Crippen LogP contribution in [0.25, 0.3) is 0 Å². The molecule has 1 aromatic rings. The van der Waals surface area contributed by atoms with E-state index in [1.165, 1.54) is 0 Å². The highest BCUT2D eigenvalue weighted by atomic mass is 16.7. The Morgan fingerprint density at radius 2 is 1.67 bits per heavy atom. The lowest BCUT2D eigenvalue weighted by Gasteiger charge is -2.41. The first kappa shape index (κ1) is 20.8. The van der Waals surface area contributed by atoms with Crippen LogP contribution < -0.4 is 0 Å². The van der Waals surface area contributed by atoms with E-state index in [0.717, 1.165) is 26.5 Å². The van der Waals surface area contributed by atoms with E-state index in [1.807, 2.05) is 18.2 Å². The lowest BCUT2D eigenvalue weighted by atomic mass is 9.98. The highest BCUT2D eigenvalue weighted by Gasteiger charge is 2.52. The summed E-state index contributed by atoms with van der Waals surface area (Å²) < 4.78 is 25.9. The van der Waals surface area contributed by atoms with Crippen molar-refractivity contribution < 1.29 is 43.2 Å². The number of aliphatic hydroxyl groups is 1. The van der Waals surface area contributed by atoms with Crippen LogP contribution in [0.15, 0.2) is 30.3 Å². The van der Waals surface area contributed by atoms with Crippen molar-refractivity contribution in [1.82, 2.24) is 0 Å². The molecule has 9 nitrogen and oxygen atoms in total. The van der Waals surface area contributed by atoms with Crippen molar-refractivity contribution in [1.29, 1.82) is 0 Å². The maximum Gasteiger partial charge on any atom is 0.337 e. The van der Waals surface area contributed by atoms with Gasteiger partial charge in [0.15, 0.2) is 12.2 Å². The number of ether oxygens (including phenoxy) is 5. The van der Waals surface area contributed by atoms with E-state index in [-0.39, 0.29) is 6.61 Å². The van der Waals surface area contributed by atoms with Crippen LogP contribution in [0.5, 0.6) is 0 Å². The van der Waals surface area contributed by atoms with Gasteiger partial charge in [-0.05, 0) is 5.56 Å². The molecule has 1 N–H and O–H groups in total. The van der Waals surface area contributed by atoms with Crippen LogP contribution in [-0.4, -0.2) is 60.8 Å². The van der Waals surface area contributed by atoms with Gasteiger partial charge in [-0.25, -0.2) is 4.79 Å². The Kier molecular flexibility index (Phi) is 7.28. The molecule has 0 bridgehead atoms. The van der Waals surface area contributed by atoms with Crippen molar-refractivity contribution in [3.05, 3.63) is 35.9 Å². The van der Waals surface area contributed by atoms with E-state index in [0.29, 0.717) is 0 Å². The smallest absolute Gasteiger partial charge is 0.337 e. The van der Waals surface area contributed by atoms with E-state index >= 15 is 0 Å². The van der Waals surface area contributed by atoms with Gasteiger partial charge in [-0.2, -0.15) is 0 Å². The predicted molar refractivity (Wildman–Crippen MR) is 89.0 cm³/mol. The van der Waals surface area contributed by atoms with Crippen LogP contribution in [0.4, 0.5) is 0 Å². The minimum absolute atomic E-state index is 0.0566. The molecule has 2 rings (SSSR count). The quantitative estimate of drug-likeness (QED) is 0.548. The summed E-state index contributed by atoms with van der Waals surface area (Å²) in [5, 5.41) is 10.6. The number of hydrogen-bond acceptors (Lipinski definition) is 9. The molecule has 5 atom stereocenters. The summed E-state index contributed by atoms with van der Waals surface area (Å²) in [6.45, 7) is 2.34. The molecule has 1 aliphatic heterocycles. The van der Waals surface area contributed by atoms with Gasteiger partial charge < -0.3 is 28.8 Å². The maximum absolute atomic E-state index is 11.9. The maximum atomic E-state index is 11.9. The molecule has 0 radical (unpaired) electrons. The summed E-state index contributed by atoms with van der Waals surface area (Å²) in [6.07, 6.45) is -6.91. The van der Waals surface area contributed by atoms with Crippen LogP contribution in [0.1, 0.15) is 19.4 Å². The minimum atomic E-state index is -1.52. The van der Waals surface area contributed by atoms with Gasteiger partial charge in [-0.15, -0.1) is 0 Å².